The predicted molar refractivity (Wildman–Crippen MR) is 167 cm³/mol. The van der Waals surface area contributed by atoms with Gasteiger partial charge in [-0.15, -0.1) is 0 Å². The fraction of sp³-hybridized carbons (Fsp3) is 0.600. The number of rotatable bonds is 4. The molecule has 0 aliphatic heterocycles. The molecule has 0 bridgehead atoms. The van der Waals surface area contributed by atoms with Gasteiger partial charge >= 0.3 is 218 Å². The van der Waals surface area contributed by atoms with Gasteiger partial charge in [-0.1, -0.05) is 0 Å². The van der Waals surface area contributed by atoms with Crippen LogP contribution in [-0.2, 0) is 12.3 Å². The van der Waals surface area contributed by atoms with Crippen molar-refractivity contribution in [3.8, 4) is 0 Å². The van der Waals surface area contributed by atoms with Gasteiger partial charge in [-0.3, -0.25) is 0 Å². The zero-order chi connectivity index (χ0) is 26.6. The molecule has 2 aromatic heterocycles. The Morgan fingerprint density at radius 2 is 1.00 bits per heavy atom. The first-order chi connectivity index (χ1) is 15.7. The summed E-state index contributed by atoms with van der Waals surface area (Å²) >= 11 is 0. The van der Waals surface area contributed by atoms with E-state index in [2.05, 4.69) is 127 Å². The van der Waals surface area contributed by atoms with E-state index in [1.54, 1.807) is 0 Å². The van der Waals surface area contributed by atoms with E-state index in [-0.39, 0.29) is 18.2 Å². The molecule has 0 aliphatic rings. The van der Waals surface area contributed by atoms with Crippen LogP contribution in [0.4, 0.5) is 0 Å². The van der Waals surface area contributed by atoms with Gasteiger partial charge in [0.1, 0.15) is 0 Å². The van der Waals surface area contributed by atoms with Crippen molar-refractivity contribution in [1.82, 2.24) is 9.97 Å². The molecule has 0 saturated heterocycles. The second-order valence-electron chi connectivity index (χ2n) is 14.8. The van der Waals surface area contributed by atoms with E-state index in [9.17, 15) is 0 Å². The summed E-state index contributed by atoms with van der Waals surface area (Å²) in [4.78, 5) is 10.6. The summed E-state index contributed by atoms with van der Waals surface area (Å²) in [6.45, 7) is 28.9. The van der Waals surface area contributed by atoms with Gasteiger partial charge in [0.15, 0.2) is 0 Å². The van der Waals surface area contributed by atoms with Crippen molar-refractivity contribution in [2.24, 2.45) is 0 Å². The summed E-state index contributed by atoms with van der Waals surface area (Å²) in [5, 5.41) is 3.53. The maximum absolute atomic E-state index is 5.31. The number of hydrogen-bond acceptors (Lipinski definition) is 2. The van der Waals surface area contributed by atoms with E-state index in [4.69, 9.17) is 9.97 Å². The van der Waals surface area contributed by atoms with Crippen LogP contribution in [0, 0.1) is 0 Å². The van der Waals surface area contributed by atoms with E-state index in [0.29, 0.717) is 10.3 Å². The predicted octanol–water partition coefficient (Wildman–Crippen LogP) is 8.76. The Labute approximate surface area is 217 Å². The quantitative estimate of drug-likeness (QED) is 0.199. The third-order valence-corrected chi connectivity index (χ3v) is 20.0. The van der Waals surface area contributed by atoms with Gasteiger partial charge in [0, 0.05) is 0 Å². The molecule has 2 heterocycles. The summed E-state index contributed by atoms with van der Waals surface area (Å²) in [6.07, 6.45) is 2.14. The van der Waals surface area contributed by atoms with Gasteiger partial charge in [0.05, 0.1) is 0 Å². The van der Waals surface area contributed by atoms with Crippen LogP contribution in [0.5, 0.6) is 0 Å². The second-order valence-corrected chi connectivity index (χ2v) is 24.6. The standard InChI is InChI=1S/C30H49BN2P2/c1-27(2,3)34(28(4,5)6)19-23-17-15-21-13-14-22-16-18-24(33-26(22)25(21)32-23)20-35(31,29(7,8)9)30(10,11)12/h13-18,35H,19-20,31H2,1-12H3. The van der Waals surface area contributed by atoms with Gasteiger partial charge in [-0.05, 0) is 0 Å². The summed E-state index contributed by atoms with van der Waals surface area (Å²) in [5.41, 5.74) is 4.56. The molecular formula is C30H49BN2P2. The number of nitrogens with zero attached hydrogens (tertiary/aromatic N) is 2. The third-order valence-electron chi connectivity index (χ3n) is 8.42. The first-order valence-electron chi connectivity index (χ1n) is 13.2. The molecule has 0 N–H and O–H groups in total. The molecule has 0 spiro atoms. The molecule has 0 atom stereocenters. The van der Waals surface area contributed by atoms with E-state index in [0.717, 1.165) is 23.4 Å². The number of hydrogen-bond donors (Lipinski definition) is 0. The summed E-state index contributed by atoms with van der Waals surface area (Å²) < 4.78 is 0. The Bertz CT molecular complexity index is 1180. The van der Waals surface area contributed by atoms with Crippen molar-refractivity contribution >= 4 is 44.4 Å². The van der Waals surface area contributed by atoms with Crippen molar-refractivity contribution in [2.45, 2.75) is 116 Å². The van der Waals surface area contributed by atoms with Gasteiger partial charge in [0.25, 0.3) is 0 Å². The molecular weight excluding hydrogens is 461 g/mol. The van der Waals surface area contributed by atoms with Gasteiger partial charge in [-0.25, -0.2) is 0 Å². The van der Waals surface area contributed by atoms with E-state index < -0.39 is 7.14 Å². The SMILES string of the molecule is B[PH](Cc1ccc2ccc3ccc(CP(C(C)(C)C)C(C)(C)C)nc3c2n1)(C(C)(C)C)C(C)(C)C. The summed E-state index contributed by atoms with van der Waals surface area (Å²) in [7, 11) is 0.620. The molecule has 0 saturated carbocycles. The molecule has 3 aromatic rings. The molecule has 1 aromatic carbocycles. The first kappa shape index (κ1) is 28.5. The normalized spacial score (nSPS) is 14.8. The molecule has 0 amide bonds. The van der Waals surface area contributed by atoms with Gasteiger partial charge < -0.3 is 0 Å². The van der Waals surface area contributed by atoms with Gasteiger partial charge in [-0.2, -0.15) is 0 Å². The molecule has 0 radical (unpaired) electrons. The van der Waals surface area contributed by atoms with Crippen LogP contribution in [0.1, 0.15) is 94.5 Å². The Hall–Kier alpha value is -1.04. The zero-order valence-electron chi connectivity index (χ0n) is 24.7. The summed E-state index contributed by atoms with van der Waals surface area (Å²) in [6, 6.07) is 13.4. The molecule has 3 rings (SSSR count). The molecule has 2 nitrogen and oxygen atoms in total. The minimum absolute atomic E-state index is 0.246. The molecule has 35 heavy (non-hydrogen) atoms. The van der Waals surface area contributed by atoms with E-state index in [1.807, 2.05) is 0 Å². The van der Waals surface area contributed by atoms with Crippen LogP contribution < -0.4 is 0 Å². The zero-order valence-corrected chi connectivity index (χ0v) is 26.6. The van der Waals surface area contributed by atoms with Crippen LogP contribution in [0.3, 0.4) is 0 Å². The van der Waals surface area contributed by atoms with Crippen LogP contribution in [0.2, 0.25) is 0 Å². The third kappa shape index (κ3) is 5.94. The average molecular weight is 510 g/mol. The molecule has 0 aliphatic carbocycles. The second kappa shape index (κ2) is 9.37. The Morgan fingerprint density at radius 3 is 1.40 bits per heavy atom. The first-order valence-corrected chi connectivity index (χ1v) is 17.4. The van der Waals surface area contributed by atoms with Crippen LogP contribution in [0.15, 0.2) is 36.4 Å². The van der Waals surface area contributed by atoms with Gasteiger partial charge in [0.2, 0.25) is 0 Å². The molecule has 5 heteroatoms. The Balaban J connectivity index is 2.12. The fourth-order valence-electron chi connectivity index (χ4n) is 5.70. The van der Waals surface area contributed by atoms with E-state index in [1.165, 1.54) is 22.2 Å². The number of aromatic nitrogens is 2. The summed E-state index contributed by atoms with van der Waals surface area (Å²) in [5.74, 6) is 0. The topological polar surface area (TPSA) is 25.8 Å². The van der Waals surface area contributed by atoms with Crippen molar-refractivity contribution in [1.29, 1.82) is 0 Å². The fourth-order valence-corrected chi connectivity index (χ4v) is 13.4. The molecule has 192 valence electrons. The van der Waals surface area contributed by atoms with Crippen molar-refractivity contribution < 1.29 is 0 Å². The monoisotopic (exact) mass is 510 g/mol. The Kier molecular flexibility index (Phi) is 7.64. The maximum atomic E-state index is 5.31. The van der Waals surface area contributed by atoms with E-state index >= 15 is 0 Å². The molecule has 0 fully saturated rings. The van der Waals surface area contributed by atoms with Crippen molar-refractivity contribution in [2.75, 3.05) is 0 Å². The number of pyridine rings is 2. The molecule has 0 unspecified atom stereocenters. The number of fused-ring (bicyclic) bond motifs is 3. The van der Waals surface area contributed by atoms with Crippen LogP contribution >= 0.6 is 15.1 Å². The van der Waals surface area contributed by atoms with Crippen molar-refractivity contribution in [3.05, 3.63) is 47.8 Å². The Morgan fingerprint density at radius 1 is 0.629 bits per heavy atom. The van der Waals surface area contributed by atoms with Crippen LogP contribution in [0.25, 0.3) is 21.8 Å². The van der Waals surface area contributed by atoms with Crippen molar-refractivity contribution in [3.63, 3.8) is 0 Å². The van der Waals surface area contributed by atoms with Crippen LogP contribution in [-0.4, -0.2) is 38.2 Å². The minimum atomic E-state index is -1.70. The average Bonchev–Trinajstić information content (AvgIpc) is 2.68. The number of benzene rings is 1.